The zero-order valence-electron chi connectivity index (χ0n) is 19.2. The Hall–Kier alpha value is -3.64. The van der Waals surface area contributed by atoms with Crippen molar-refractivity contribution in [2.45, 2.75) is 33.2 Å². The molecule has 34 heavy (non-hydrogen) atoms. The number of aliphatic hydroxyl groups excluding tert-OH is 1. The number of benzene rings is 2. The van der Waals surface area contributed by atoms with Gasteiger partial charge >= 0.3 is 0 Å². The second-order valence-corrected chi connectivity index (χ2v) is 8.65. The molecule has 1 unspecified atom stereocenters. The number of amides is 1. The molecule has 7 heteroatoms. The highest BCUT2D eigenvalue weighted by Crippen LogP contribution is 2.43. The maximum Gasteiger partial charge on any atom is 0.300 e. The SMILES string of the molecule is CCCOc1ccc(/C(O)=C2\C(=O)C(=O)N(c3cc(Cl)ccc3C)C2c2ccncc2)cc1C. The maximum absolute atomic E-state index is 13.3. The van der Waals surface area contributed by atoms with E-state index in [0.29, 0.717) is 34.2 Å². The lowest BCUT2D eigenvalue weighted by Gasteiger charge is -2.27. The minimum atomic E-state index is -0.837. The van der Waals surface area contributed by atoms with Gasteiger partial charge in [-0.15, -0.1) is 0 Å². The van der Waals surface area contributed by atoms with Gasteiger partial charge in [0.1, 0.15) is 11.5 Å². The third-order valence-corrected chi connectivity index (χ3v) is 6.04. The van der Waals surface area contributed by atoms with Crippen molar-refractivity contribution in [1.82, 2.24) is 4.98 Å². The van der Waals surface area contributed by atoms with Gasteiger partial charge in [0.15, 0.2) is 0 Å². The van der Waals surface area contributed by atoms with Crippen molar-refractivity contribution in [3.63, 3.8) is 0 Å². The number of hydrogen-bond acceptors (Lipinski definition) is 5. The van der Waals surface area contributed by atoms with Crippen LogP contribution in [0.3, 0.4) is 0 Å². The fraction of sp³-hybridized carbons (Fsp3) is 0.222. The molecular weight excluding hydrogens is 452 g/mol. The van der Waals surface area contributed by atoms with Gasteiger partial charge in [0.2, 0.25) is 0 Å². The summed E-state index contributed by atoms with van der Waals surface area (Å²) < 4.78 is 5.73. The first-order chi connectivity index (χ1) is 16.3. The minimum Gasteiger partial charge on any atom is -0.507 e. The minimum absolute atomic E-state index is 0.0113. The first kappa shape index (κ1) is 23.5. The molecule has 2 aromatic carbocycles. The fourth-order valence-corrected chi connectivity index (χ4v) is 4.28. The molecule has 1 fully saturated rings. The number of ketones is 1. The first-order valence-electron chi connectivity index (χ1n) is 11.0. The fourth-order valence-electron chi connectivity index (χ4n) is 4.11. The van der Waals surface area contributed by atoms with Crippen molar-refractivity contribution in [3.05, 3.63) is 93.8 Å². The molecule has 1 aliphatic rings. The predicted octanol–water partition coefficient (Wildman–Crippen LogP) is 5.77. The third-order valence-electron chi connectivity index (χ3n) is 5.81. The molecule has 1 amide bonds. The largest absolute Gasteiger partial charge is 0.507 e. The number of aliphatic hydroxyl groups is 1. The van der Waals surface area contributed by atoms with Crippen molar-refractivity contribution in [3.8, 4) is 5.75 Å². The van der Waals surface area contributed by atoms with Crippen molar-refractivity contribution < 1.29 is 19.4 Å². The van der Waals surface area contributed by atoms with Crippen LogP contribution in [0.4, 0.5) is 5.69 Å². The first-order valence-corrected chi connectivity index (χ1v) is 11.4. The Morgan fingerprint density at radius 1 is 1.06 bits per heavy atom. The van der Waals surface area contributed by atoms with E-state index in [0.717, 1.165) is 17.5 Å². The average Bonchev–Trinajstić information content (AvgIpc) is 3.10. The molecule has 3 aromatic rings. The highest BCUT2D eigenvalue weighted by atomic mass is 35.5. The van der Waals surface area contributed by atoms with Crippen LogP contribution in [0.25, 0.3) is 5.76 Å². The number of Topliss-reactive ketones (excluding diaryl/α,β-unsaturated/α-hetero) is 1. The predicted molar refractivity (Wildman–Crippen MR) is 132 cm³/mol. The van der Waals surface area contributed by atoms with Crippen LogP contribution in [0.15, 0.2) is 66.5 Å². The molecule has 0 aliphatic carbocycles. The Labute approximate surface area is 203 Å². The van der Waals surface area contributed by atoms with Gasteiger partial charge in [-0.05, 0) is 79.4 Å². The number of anilines is 1. The van der Waals surface area contributed by atoms with Gasteiger partial charge in [-0.25, -0.2) is 0 Å². The summed E-state index contributed by atoms with van der Waals surface area (Å²) in [6, 6.07) is 13.0. The summed E-state index contributed by atoms with van der Waals surface area (Å²) in [5.74, 6) is -1.03. The van der Waals surface area contributed by atoms with Crippen molar-refractivity contribution in [1.29, 1.82) is 0 Å². The second kappa shape index (κ2) is 9.69. The molecule has 1 N–H and O–H groups in total. The lowest BCUT2D eigenvalue weighted by atomic mass is 9.95. The lowest BCUT2D eigenvalue weighted by Crippen LogP contribution is -2.30. The van der Waals surface area contributed by atoms with Gasteiger partial charge in [0.05, 0.1) is 18.2 Å². The summed E-state index contributed by atoms with van der Waals surface area (Å²) in [6.45, 7) is 6.32. The molecule has 2 heterocycles. The van der Waals surface area contributed by atoms with Crippen LogP contribution in [0.1, 0.15) is 41.6 Å². The highest BCUT2D eigenvalue weighted by Gasteiger charge is 2.47. The van der Waals surface area contributed by atoms with Crippen LogP contribution in [0.2, 0.25) is 5.02 Å². The molecule has 4 rings (SSSR count). The topological polar surface area (TPSA) is 79.7 Å². The van der Waals surface area contributed by atoms with E-state index >= 15 is 0 Å². The molecule has 174 valence electrons. The number of nitrogens with zero attached hydrogens (tertiary/aromatic N) is 2. The van der Waals surface area contributed by atoms with Gasteiger partial charge < -0.3 is 9.84 Å². The molecule has 1 aliphatic heterocycles. The van der Waals surface area contributed by atoms with Crippen LogP contribution >= 0.6 is 11.6 Å². The van der Waals surface area contributed by atoms with Crippen LogP contribution in [-0.4, -0.2) is 28.4 Å². The number of ether oxygens (including phenoxy) is 1. The number of halogens is 1. The monoisotopic (exact) mass is 476 g/mol. The summed E-state index contributed by atoms with van der Waals surface area (Å²) in [6.07, 6.45) is 4.05. The van der Waals surface area contributed by atoms with E-state index in [1.807, 2.05) is 20.8 Å². The van der Waals surface area contributed by atoms with Crippen LogP contribution in [0.5, 0.6) is 5.75 Å². The van der Waals surface area contributed by atoms with Gasteiger partial charge in [-0.1, -0.05) is 24.6 Å². The van der Waals surface area contributed by atoms with E-state index in [1.165, 1.54) is 4.90 Å². The highest BCUT2D eigenvalue weighted by molar-refractivity contribution is 6.52. The quantitative estimate of drug-likeness (QED) is 0.277. The van der Waals surface area contributed by atoms with E-state index < -0.39 is 17.7 Å². The summed E-state index contributed by atoms with van der Waals surface area (Å²) in [4.78, 5) is 32.0. The Kier molecular flexibility index (Phi) is 6.70. The van der Waals surface area contributed by atoms with Gasteiger partial charge in [0, 0.05) is 28.7 Å². The zero-order valence-corrected chi connectivity index (χ0v) is 20.0. The summed E-state index contributed by atoms with van der Waals surface area (Å²) in [5, 5.41) is 11.8. The normalized spacial score (nSPS) is 17.3. The Morgan fingerprint density at radius 3 is 2.47 bits per heavy atom. The molecule has 1 aromatic heterocycles. The average molecular weight is 477 g/mol. The molecule has 0 saturated carbocycles. The number of rotatable bonds is 6. The van der Waals surface area contributed by atoms with Crippen LogP contribution < -0.4 is 9.64 Å². The van der Waals surface area contributed by atoms with Crippen LogP contribution in [0, 0.1) is 13.8 Å². The lowest BCUT2D eigenvalue weighted by molar-refractivity contribution is -0.132. The van der Waals surface area contributed by atoms with E-state index in [4.69, 9.17) is 16.3 Å². The number of aromatic nitrogens is 1. The van der Waals surface area contributed by atoms with E-state index in [2.05, 4.69) is 4.98 Å². The van der Waals surface area contributed by atoms with Crippen molar-refractivity contribution in [2.75, 3.05) is 11.5 Å². The van der Waals surface area contributed by atoms with Gasteiger partial charge in [-0.2, -0.15) is 0 Å². The molecule has 0 spiro atoms. The summed E-state index contributed by atoms with van der Waals surface area (Å²) >= 11 is 6.23. The van der Waals surface area contributed by atoms with E-state index in [-0.39, 0.29) is 11.3 Å². The number of aryl methyl sites for hydroxylation is 2. The van der Waals surface area contributed by atoms with Crippen molar-refractivity contribution >= 4 is 34.7 Å². The third kappa shape index (κ3) is 4.29. The smallest absolute Gasteiger partial charge is 0.300 e. The number of carbonyl (C=O) groups is 2. The molecular formula is C27H25ClN2O4. The van der Waals surface area contributed by atoms with E-state index in [1.54, 1.807) is 60.9 Å². The second-order valence-electron chi connectivity index (χ2n) is 8.21. The van der Waals surface area contributed by atoms with E-state index in [9.17, 15) is 14.7 Å². The standard InChI is InChI=1S/C27H25ClN2O4/c1-4-13-34-22-8-6-19(14-17(22)3)25(31)23-24(18-9-11-29-12-10-18)30(27(33)26(23)32)21-15-20(28)7-5-16(21)2/h5-12,14-15,24,31H,4,13H2,1-3H3/b25-23+. The van der Waals surface area contributed by atoms with Crippen LogP contribution in [-0.2, 0) is 9.59 Å². The van der Waals surface area contributed by atoms with Gasteiger partial charge in [0.25, 0.3) is 11.7 Å². The maximum atomic E-state index is 13.3. The molecule has 0 radical (unpaired) electrons. The molecule has 0 bridgehead atoms. The Morgan fingerprint density at radius 2 is 1.79 bits per heavy atom. The summed E-state index contributed by atoms with van der Waals surface area (Å²) in [5.41, 5.74) is 3.19. The number of pyridine rings is 1. The van der Waals surface area contributed by atoms with Crippen molar-refractivity contribution in [2.24, 2.45) is 0 Å². The molecule has 1 atom stereocenters. The molecule has 6 nitrogen and oxygen atoms in total. The Balaban J connectivity index is 1.89. The molecule has 1 saturated heterocycles. The zero-order chi connectivity index (χ0) is 24.4. The Bertz CT molecular complexity index is 1290. The van der Waals surface area contributed by atoms with Gasteiger partial charge in [-0.3, -0.25) is 19.5 Å². The summed E-state index contributed by atoms with van der Waals surface area (Å²) in [7, 11) is 0. The number of hydrogen-bond donors (Lipinski definition) is 1. The number of carbonyl (C=O) groups excluding carboxylic acids is 2.